The first-order chi connectivity index (χ1) is 11.6. The molecule has 24 heavy (non-hydrogen) atoms. The van der Waals surface area contributed by atoms with E-state index < -0.39 is 5.91 Å². The number of hydrogen-bond acceptors (Lipinski definition) is 4. The van der Waals surface area contributed by atoms with Crippen LogP contribution in [0.5, 0.6) is 11.5 Å². The maximum atomic E-state index is 12.0. The van der Waals surface area contributed by atoms with Crippen LogP contribution in [0.25, 0.3) is 0 Å². The van der Waals surface area contributed by atoms with E-state index in [-0.39, 0.29) is 11.3 Å². The summed E-state index contributed by atoms with van der Waals surface area (Å²) >= 11 is 3.37. The average Bonchev–Trinajstić information content (AvgIpc) is 2.59. The molecule has 0 aliphatic carbocycles. The molecule has 2 aromatic carbocycles. The minimum absolute atomic E-state index is 0.129. The molecule has 1 amide bonds. The Kier molecular flexibility index (Phi) is 4.72. The van der Waals surface area contributed by atoms with Gasteiger partial charge in [0, 0.05) is 16.2 Å². The van der Waals surface area contributed by atoms with Crippen LogP contribution in [0.4, 0.5) is 5.69 Å². The highest BCUT2D eigenvalue weighted by atomic mass is 79.9. The number of hydrogen-bond donors (Lipinski definition) is 2. The van der Waals surface area contributed by atoms with E-state index in [4.69, 9.17) is 4.74 Å². The van der Waals surface area contributed by atoms with E-state index in [1.54, 1.807) is 24.3 Å². The predicted octanol–water partition coefficient (Wildman–Crippen LogP) is 3.58. The molecule has 0 unspecified atom stereocenters. The second kappa shape index (κ2) is 7.10. The van der Waals surface area contributed by atoms with E-state index in [9.17, 15) is 9.59 Å². The lowest BCUT2D eigenvalue weighted by atomic mass is 10.3. The number of H-pyrrole nitrogens is 1. The average molecular weight is 386 g/mol. The van der Waals surface area contributed by atoms with Crippen LogP contribution in [0.3, 0.4) is 0 Å². The molecule has 1 heterocycles. The third-order valence-corrected chi connectivity index (χ3v) is 3.60. The lowest BCUT2D eigenvalue weighted by molar-refractivity contribution is 0.102. The smallest absolute Gasteiger partial charge is 0.276 e. The Bertz CT molecular complexity index is 885. The summed E-state index contributed by atoms with van der Waals surface area (Å²) in [6.45, 7) is 0. The van der Waals surface area contributed by atoms with Crippen molar-refractivity contribution in [3.63, 3.8) is 0 Å². The van der Waals surface area contributed by atoms with Crippen LogP contribution in [0.1, 0.15) is 10.5 Å². The van der Waals surface area contributed by atoms with Crippen molar-refractivity contribution < 1.29 is 9.53 Å². The lowest BCUT2D eigenvalue weighted by Crippen LogP contribution is -2.17. The largest absolute Gasteiger partial charge is 0.457 e. The summed E-state index contributed by atoms with van der Waals surface area (Å²) in [5.41, 5.74) is 0.363. The quantitative estimate of drug-likeness (QED) is 0.718. The molecule has 120 valence electrons. The first-order valence-corrected chi connectivity index (χ1v) is 7.80. The monoisotopic (exact) mass is 385 g/mol. The van der Waals surface area contributed by atoms with Gasteiger partial charge in [0.2, 0.25) is 0 Å². The Hall–Kier alpha value is -2.93. The number of rotatable bonds is 4. The zero-order valence-electron chi connectivity index (χ0n) is 12.3. The van der Waals surface area contributed by atoms with Gasteiger partial charge in [0.1, 0.15) is 17.2 Å². The summed E-state index contributed by atoms with van der Waals surface area (Å²) in [6, 6.07) is 17.0. The number of halogens is 1. The van der Waals surface area contributed by atoms with Crippen LogP contribution in [-0.2, 0) is 0 Å². The number of carbonyl (C=O) groups is 1. The topological polar surface area (TPSA) is 84.1 Å². The minimum atomic E-state index is -0.409. The summed E-state index contributed by atoms with van der Waals surface area (Å²) in [5.74, 6) is 0.956. The van der Waals surface area contributed by atoms with Crippen LogP contribution < -0.4 is 15.6 Å². The highest BCUT2D eigenvalue weighted by Crippen LogP contribution is 2.24. The summed E-state index contributed by atoms with van der Waals surface area (Å²) in [4.78, 5) is 22.9. The van der Waals surface area contributed by atoms with E-state index in [1.165, 1.54) is 12.1 Å². The molecule has 0 bridgehead atoms. The molecule has 0 aliphatic heterocycles. The number of anilines is 1. The number of benzene rings is 2. The molecule has 0 saturated heterocycles. The van der Waals surface area contributed by atoms with Gasteiger partial charge in [-0.2, -0.15) is 5.10 Å². The van der Waals surface area contributed by atoms with Gasteiger partial charge >= 0.3 is 0 Å². The highest BCUT2D eigenvalue weighted by molar-refractivity contribution is 9.10. The molecule has 0 saturated carbocycles. The second-order valence-corrected chi connectivity index (χ2v) is 5.76. The third kappa shape index (κ3) is 4.08. The molecule has 0 aliphatic rings. The van der Waals surface area contributed by atoms with E-state index in [1.807, 2.05) is 24.3 Å². The van der Waals surface area contributed by atoms with Crippen molar-refractivity contribution in [2.45, 2.75) is 0 Å². The summed E-state index contributed by atoms with van der Waals surface area (Å²) < 4.78 is 6.68. The van der Waals surface area contributed by atoms with Gasteiger partial charge in [0.15, 0.2) is 0 Å². The standard InChI is InChI=1S/C17H12BrN3O3/c18-11-1-5-13(6-2-11)24-14-7-3-12(4-8-14)19-17(23)15-9-10-16(22)21-20-15/h1-10H,(H,19,23)(H,21,22). The Morgan fingerprint density at radius 2 is 1.58 bits per heavy atom. The first-order valence-electron chi connectivity index (χ1n) is 7.01. The molecular formula is C17H12BrN3O3. The zero-order chi connectivity index (χ0) is 16.9. The van der Waals surface area contributed by atoms with Gasteiger partial charge in [-0.15, -0.1) is 0 Å². The maximum absolute atomic E-state index is 12.0. The number of aromatic amines is 1. The molecule has 3 aromatic rings. The van der Waals surface area contributed by atoms with Crippen LogP contribution in [-0.4, -0.2) is 16.1 Å². The molecule has 0 radical (unpaired) electrons. The normalized spacial score (nSPS) is 10.2. The molecule has 3 rings (SSSR count). The van der Waals surface area contributed by atoms with Crippen molar-refractivity contribution in [3.8, 4) is 11.5 Å². The van der Waals surface area contributed by atoms with E-state index in [0.29, 0.717) is 17.2 Å². The van der Waals surface area contributed by atoms with Crippen molar-refractivity contribution in [1.82, 2.24) is 10.2 Å². The molecule has 0 spiro atoms. The summed E-state index contributed by atoms with van der Waals surface area (Å²) in [7, 11) is 0. The molecule has 2 N–H and O–H groups in total. The van der Waals surface area contributed by atoms with E-state index in [0.717, 1.165) is 4.47 Å². The van der Waals surface area contributed by atoms with Gasteiger partial charge in [-0.3, -0.25) is 9.59 Å². The van der Waals surface area contributed by atoms with Crippen molar-refractivity contribution in [2.75, 3.05) is 5.32 Å². The molecule has 7 heteroatoms. The Morgan fingerprint density at radius 1 is 0.958 bits per heavy atom. The number of ether oxygens (including phenoxy) is 1. The minimum Gasteiger partial charge on any atom is -0.457 e. The number of aromatic nitrogens is 2. The van der Waals surface area contributed by atoms with Gasteiger partial charge in [-0.1, -0.05) is 15.9 Å². The molecule has 1 aromatic heterocycles. The molecule has 0 fully saturated rings. The zero-order valence-corrected chi connectivity index (χ0v) is 13.9. The van der Waals surface area contributed by atoms with Gasteiger partial charge in [-0.25, -0.2) is 5.10 Å². The molecule has 0 atom stereocenters. The van der Waals surface area contributed by atoms with Crippen LogP contribution in [0.2, 0.25) is 0 Å². The van der Waals surface area contributed by atoms with Gasteiger partial charge < -0.3 is 10.1 Å². The van der Waals surface area contributed by atoms with E-state index >= 15 is 0 Å². The number of nitrogens with one attached hydrogen (secondary N) is 2. The van der Waals surface area contributed by atoms with Gasteiger partial charge in [-0.05, 0) is 54.6 Å². The SMILES string of the molecule is O=C(Nc1ccc(Oc2ccc(Br)cc2)cc1)c1ccc(=O)[nH]n1. The third-order valence-electron chi connectivity index (χ3n) is 3.07. The van der Waals surface area contributed by atoms with E-state index in [2.05, 4.69) is 31.4 Å². The number of amides is 1. The summed E-state index contributed by atoms with van der Waals surface area (Å²) in [5, 5.41) is 8.58. The molecular weight excluding hydrogens is 374 g/mol. The Labute approximate surface area is 145 Å². The van der Waals surface area contributed by atoms with Crippen LogP contribution in [0.15, 0.2) is 69.9 Å². The first kappa shape index (κ1) is 15.9. The number of nitrogens with zero attached hydrogens (tertiary/aromatic N) is 1. The maximum Gasteiger partial charge on any atom is 0.276 e. The molecule has 6 nitrogen and oxygen atoms in total. The highest BCUT2D eigenvalue weighted by Gasteiger charge is 2.08. The van der Waals surface area contributed by atoms with Crippen molar-refractivity contribution in [1.29, 1.82) is 0 Å². The summed E-state index contributed by atoms with van der Waals surface area (Å²) in [6.07, 6.45) is 0. The lowest BCUT2D eigenvalue weighted by Gasteiger charge is -2.08. The van der Waals surface area contributed by atoms with Crippen LogP contribution >= 0.6 is 15.9 Å². The Morgan fingerprint density at radius 3 is 2.17 bits per heavy atom. The van der Waals surface area contributed by atoms with Crippen molar-refractivity contribution in [2.24, 2.45) is 0 Å². The number of carbonyl (C=O) groups excluding carboxylic acids is 1. The van der Waals surface area contributed by atoms with Gasteiger partial charge in [0.05, 0.1) is 0 Å². The fourth-order valence-electron chi connectivity index (χ4n) is 1.91. The second-order valence-electron chi connectivity index (χ2n) is 4.84. The fraction of sp³-hybridized carbons (Fsp3) is 0. The van der Waals surface area contributed by atoms with Crippen molar-refractivity contribution >= 4 is 27.5 Å². The Balaban J connectivity index is 1.65. The predicted molar refractivity (Wildman–Crippen MR) is 93.5 cm³/mol. The van der Waals surface area contributed by atoms with Crippen LogP contribution in [0, 0.1) is 0 Å². The fourth-order valence-corrected chi connectivity index (χ4v) is 2.18. The van der Waals surface area contributed by atoms with Crippen molar-refractivity contribution in [3.05, 3.63) is 81.2 Å². The van der Waals surface area contributed by atoms with Gasteiger partial charge in [0.25, 0.3) is 11.5 Å².